The summed E-state index contributed by atoms with van der Waals surface area (Å²) in [7, 11) is 0. The molecule has 4 atom stereocenters. The van der Waals surface area contributed by atoms with Crippen LogP contribution in [0.5, 0.6) is 0 Å². The fourth-order valence-electron chi connectivity index (χ4n) is 5.15. The van der Waals surface area contributed by atoms with Crippen molar-refractivity contribution in [2.24, 2.45) is 0 Å². The predicted molar refractivity (Wildman–Crippen MR) is 158 cm³/mol. The van der Waals surface area contributed by atoms with Crippen LogP contribution in [-0.2, 0) is 35.4 Å². The number of aliphatic hydroxyl groups is 4. The van der Waals surface area contributed by atoms with Gasteiger partial charge in [-0.1, -0.05) is 133 Å². The van der Waals surface area contributed by atoms with E-state index in [1.807, 2.05) is 42.5 Å². The third kappa shape index (κ3) is 6.76. The number of Topliss-reactive ketones (excluding diaryl/α,β-unsaturated/α-hetero) is 1. The van der Waals surface area contributed by atoms with Gasteiger partial charge in [0.05, 0.1) is 13.2 Å². The minimum Gasteiger partial charge on any atom is -0.394 e. The van der Waals surface area contributed by atoms with Crippen molar-refractivity contribution in [3.05, 3.63) is 144 Å². The lowest BCUT2D eigenvalue weighted by Crippen LogP contribution is -2.75. The normalized spacial score (nSPS) is 16.6. The molecule has 4 aromatic rings. The van der Waals surface area contributed by atoms with Gasteiger partial charge in [-0.3, -0.25) is 4.79 Å². The third-order valence-corrected chi connectivity index (χ3v) is 8.01. The highest BCUT2D eigenvalue weighted by atomic mass is 35.5. The van der Waals surface area contributed by atoms with Crippen molar-refractivity contribution in [2.45, 2.75) is 48.2 Å². The molecular formula is C34H35ClO6. The maximum Gasteiger partial charge on any atom is 0.199 e. The van der Waals surface area contributed by atoms with E-state index in [2.05, 4.69) is 0 Å². The Hall–Kier alpha value is -3.36. The van der Waals surface area contributed by atoms with Crippen molar-refractivity contribution in [3.8, 4) is 0 Å². The second kappa shape index (κ2) is 13.5. The first-order valence-corrected chi connectivity index (χ1v) is 13.9. The van der Waals surface area contributed by atoms with Gasteiger partial charge in [-0.2, -0.15) is 0 Å². The molecule has 0 aromatic heterocycles. The number of halogens is 1. The van der Waals surface area contributed by atoms with Crippen LogP contribution in [0.2, 0.25) is 0 Å². The Labute approximate surface area is 245 Å². The van der Waals surface area contributed by atoms with Crippen LogP contribution >= 0.6 is 11.6 Å². The molecule has 0 aliphatic rings. The van der Waals surface area contributed by atoms with Crippen molar-refractivity contribution < 1.29 is 30.0 Å². The Kier molecular flexibility index (Phi) is 10.1. The minimum atomic E-state index is -2.91. The predicted octanol–water partition coefficient (Wildman–Crippen LogP) is 4.25. The van der Waals surface area contributed by atoms with E-state index in [1.165, 1.54) is 0 Å². The second-order valence-electron chi connectivity index (χ2n) is 10.2. The average molecular weight is 575 g/mol. The number of carbonyl (C=O) groups excluding carboxylic acids is 1. The van der Waals surface area contributed by atoms with E-state index in [0.29, 0.717) is 16.7 Å². The number of ether oxygens (including phenoxy) is 1. The first-order chi connectivity index (χ1) is 19.7. The monoisotopic (exact) mass is 574 g/mol. The Morgan fingerprint density at radius 2 is 1.10 bits per heavy atom. The van der Waals surface area contributed by atoms with Gasteiger partial charge in [0.25, 0.3) is 0 Å². The molecule has 0 fully saturated rings. The molecule has 7 heteroatoms. The first-order valence-electron chi connectivity index (χ1n) is 13.5. The summed E-state index contributed by atoms with van der Waals surface area (Å²) in [6.45, 7) is -1.07. The maximum atomic E-state index is 14.7. The van der Waals surface area contributed by atoms with Crippen LogP contribution in [0.1, 0.15) is 22.3 Å². The number of hydrogen-bond acceptors (Lipinski definition) is 6. The second-order valence-corrected chi connectivity index (χ2v) is 10.8. The van der Waals surface area contributed by atoms with Gasteiger partial charge in [0.1, 0.15) is 6.10 Å². The number of ketones is 1. The van der Waals surface area contributed by atoms with E-state index in [4.69, 9.17) is 16.3 Å². The molecule has 0 saturated carbocycles. The summed E-state index contributed by atoms with van der Waals surface area (Å²) >= 11 is 6.69. The molecule has 214 valence electrons. The van der Waals surface area contributed by atoms with E-state index in [9.17, 15) is 25.2 Å². The van der Waals surface area contributed by atoms with Crippen molar-refractivity contribution in [2.75, 3.05) is 6.61 Å². The van der Waals surface area contributed by atoms with Crippen LogP contribution in [0, 0.1) is 0 Å². The fraction of sp³-hybridized carbons (Fsp3) is 0.265. The molecule has 4 rings (SSSR count). The van der Waals surface area contributed by atoms with Gasteiger partial charge in [0, 0.05) is 19.3 Å². The summed E-state index contributed by atoms with van der Waals surface area (Å²) in [5, 5.41) is 42.4. The van der Waals surface area contributed by atoms with E-state index in [-0.39, 0.29) is 25.9 Å². The van der Waals surface area contributed by atoms with Gasteiger partial charge in [-0.05, 0) is 22.3 Å². The number of benzene rings is 4. The Bertz CT molecular complexity index is 1370. The van der Waals surface area contributed by atoms with Crippen LogP contribution in [0.3, 0.4) is 0 Å². The van der Waals surface area contributed by atoms with Gasteiger partial charge in [-0.15, -0.1) is 0 Å². The van der Waals surface area contributed by atoms with E-state index in [0.717, 1.165) is 5.56 Å². The Morgan fingerprint density at radius 1 is 0.683 bits per heavy atom. The number of carbonyl (C=O) groups is 1. The lowest BCUT2D eigenvalue weighted by Gasteiger charge is -2.52. The van der Waals surface area contributed by atoms with Gasteiger partial charge < -0.3 is 25.2 Å². The average Bonchev–Trinajstić information content (AvgIpc) is 3.00. The van der Waals surface area contributed by atoms with Crippen LogP contribution in [0.4, 0.5) is 0 Å². The zero-order valence-corrected chi connectivity index (χ0v) is 23.4. The topological polar surface area (TPSA) is 107 Å². The van der Waals surface area contributed by atoms with Gasteiger partial charge in [0.2, 0.25) is 0 Å². The number of hydrogen-bond donors (Lipinski definition) is 4. The van der Waals surface area contributed by atoms with Crippen LogP contribution in [0.25, 0.3) is 0 Å². The zero-order valence-electron chi connectivity index (χ0n) is 22.6. The van der Waals surface area contributed by atoms with Crippen molar-refractivity contribution in [1.82, 2.24) is 0 Å². The highest BCUT2D eigenvalue weighted by Crippen LogP contribution is 2.46. The molecule has 4 aromatic carbocycles. The smallest absolute Gasteiger partial charge is 0.199 e. The zero-order chi connectivity index (χ0) is 29.3. The van der Waals surface area contributed by atoms with Gasteiger partial charge >= 0.3 is 0 Å². The molecule has 0 unspecified atom stereocenters. The number of alkyl halides is 1. The molecule has 0 saturated heterocycles. The van der Waals surface area contributed by atoms with E-state index < -0.39 is 34.8 Å². The SMILES string of the molecule is O=C(Cc1ccccc1)[C@](Cc1ccccc1)(OCc1ccccc1)[C@](O)(Cc1ccccc1)[C@](O)(Cl)[C@H](O)CO. The third-order valence-electron chi connectivity index (χ3n) is 7.45. The number of aliphatic hydroxyl groups excluding tert-OH is 2. The molecule has 0 aliphatic heterocycles. The van der Waals surface area contributed by atoms with Gasteiger partial charge in [0.15, 0.2) is 22.0 Å². The molecule has 6 nitrogen and oxygen atoms in total. The van der Waals surface area contributed by atoms with Gasteiger partial charge in [-0.25, -0.2) is 0 Å². The number of rotatable bonds is 14. The quantitative estimate of drug-likeness (QED) is 0.168. The minimum absolute atomic E-state index is 0.104. The Balaban J connectivity index is 1.97. The summed E-state index contributed by atoms with van der Waals surface area (Å²) in [5.41, 5.74) is -2.27. The molecule has 0 bridgehead atoms. The molecule has 4 N–H and O–H groups in total. The summed E-state index contributed by atoms with van der Waals surface area (Å²) in [4.78, 5) is 14.7. The molecule has 0 spiro atoms. The van der Waals surface area contributed by atoms with Crippen LogP contribution in [-0.4, -0.2) is 55.2 Å². The fourth-order valence-corrected chi connectivity index (χ4v) is 5.44. The van der Waals surface area contributed by atoms with Crippen LogP contribution < -0.4 is 0 Å². The summed E-state index contributed by atoms with van der Waals surface area (Å²) in [6.07, 6.45) is -2.71. The molecular weight excluding hydrogens is 540 g/mol. The molecule has 0 amide bonds. The van der Waals surface area contributed by atoms with Crippen molar-refractivity contribution >= 4 is 17.4 Å². The molecule has 41 heavy (non-hydrogen) atoms. The lowest BCUT2D eigenvalue weighted by molar-refractivity contribution is -0.255. The lowest BCUT2D eigenvalue weighted by atomic mass is 9.66. The van der Waals surface area contributed by atoms with Crippen LogP contribution in [0.15, 0.2) is 121 Å². The highest BCUT2D eigenvalue weighted by molar-refractivity contribution is 6.24. The highest BCUT2D eigenvalue weighted by Gasteiger charge is 2.68. The van der Waals surface area contributed by atoms with E-state index >= 15 is 0 Å². The Morgan fingerprint density at radius 3 is 1.56 bits per heavy atom. The maximum absolute atomic E-state index is 14.7. The van der Waals surface area contributed by atoms with Crippen molar-refractivity contribution in [3.63, 3.8) is 0 Å². The first kappa shape index (κ1) is 30.6. The summed E-state index contributed by atoms with van der Waals surface area (Å²) < 4.78 is 6.54. The molecule has 0 aliphatic carbocycles. The molecule has 0 heterocycles. The van der Waals surface area contributed by atoms with Crippen molar-refractivity contribution in [1.29, 1.82) is 0 Å². The summed E-state index contributed by atoms with van der Waals surface area (Å²) in [6, 6.07) is 35.9. The van der Waals surface area contributed by atoms with E-state index in [1.54, 1.807) is 78.9 Å². The molecule has 0 radical (unpaired) electrons. The summed E-state index contributed by atoms with van der Waals surface area (Å²) in [5.74, 6) is -0.550. The standard InChI is InChI=1S/C34H35ClO6/c35-34(40,31(38)24-36)33(39,23-28-17-9-3-10-18-28)32(22-27-15-7-2-8-16-27,41-25-29-19-11-4-12-20-29)30(37)21-26-13-5-1-6-14-26/h1-20,31,36,38-40H,21-25H2/t31-,32+,33-,34+/m1/s1. The largest absolute Gasteiger partial charge is 0.394 e.